The molecule has 0 fully saturated rings. The van der Waals surface area contributed by atoms with Crippen molar-refractivity contribution in [2.45, 2.75) is 0 Å². The molecule has 6 aromatic carbocycles. The molecule has 0 radical (unpaired) electrons. The van der Waals surface area contributed by atoms with Crippen molar-refractivity contribution < 1.29 is 30.2 Å². The lowest BCUT2D eigenvalue weighted by Gasteiger charge is -2.11. The summed E-state index contributed by atoms with van der Waals surface area (Å²) in [6.07, 6.45) is -1.46. The van der Waals surface area contributed by atoms with Gasteiger partial charge in [0.1, 0.15) is 11.3 Å². The minimum atomic E-state index is -0.826. The van der Waals surface area contributed by atoms with Crippen molar-refractivity contribution in [2.75, 3.05) is 0 Å². The number of para-hydroxylation sites is 2. The first-order valence-electron chi connectivity index (χ1n) is 26.5. The van der Waals surface area contributed by atoms with Gasteiger partial charge in [-0.1, -0.05) is 78.6 Å². The maximum Gasteiger partial charge on any atom is 0.145 e. The molecule has 238 valence electrons. The van der Waals surface area contributed by atoms with Crippen LogP contribution in [0.2, 0.25) is 0 Å². The molecule has 0 saturated heterocycles. The third-order valence-electron chi connectivity index (χ3n) is 8.80. The highest BCUT2D eigenvalue weighted by Crippen LogP contribution is 2.39. The summed E-state index contributed by atoms with van der Waals surface area (Å²) in [4.78, 5) is 8.62. The Morgan fingerprint density at radius 2 is 1.10 bits per heavy atom. The van der Waals surface area contributed by atoms with E-state index in [-0.39, 0.29) is 38.7 Å². The van der Waals surface area contributed by atoms with Crippen LogP contribution in [0.4, 0.5) is 0 Å². The van der Waals surface area contributed by atoms with E-state index in [2.05, 4.69) is 9.97 Å². The molecule has 11 rings (SSSR count). The quantitative estimate of drug-likeness (QED) is 0.187. The van der Waals surface area contributed by atoms with Crippen LogP contribution < -0.4 is 0 Å². The van der Waals surface area contributed by atoms with Crippen LogP contribution in [-0.2, 0) is 0 Å². The summed E-state index contributed by atoms with van der Waals surface area (Å²) < 4.78 is 199. The lowest BCUT2D eigenvalue weighted by atomic mass is 10.0. The zero-order valence-corrected chi connectivity index (χ0v) is 25.8. The van der Waals surface area contributed by atoms with Gasteiger partial charge in [-0.2, -0.15) is 0 Å². The fourth-order valence-corrected chi connectivity index (χ4v) is 6.71. The van der Waals surface area contributed by atoms with E-state index in [0.29, 0.717) is 21.8 Å². The van der Waals surface area contributed by atoms with E-state index in [1.54, 1.807) is 36.4 Å². The number of benzene rings is 6. The molecular weight excluding hydrogens is 623 g/mol. The van der Waals surface area contributed by atoms with Gasteiger partial charge >= 0.3 is 0 Å². The summed E-state index contributed by atoms with van der Waals surface area (Å²) >= 11 is 0. The molecule has 0 atom stereocenters. The largest absolute Gasteiger partial charge is 0.309 e. The number of hydrogen-bond donors (Lipinski definition) is 0. The highest BCUT2D eigenvalue weighted by Gasteiger charge is 2.19. The summed E-state index contributed by atoms with van der Waals surface area (Å²) in [5, 5.41) is -0.334. The number of nitrogens with zero attached hydrogens (tertiary/aromatic N) is 5. The van der Waals surface area contributed by atoms with Gasteiger partial charge in [-0.15, -0.1) is 0 Å². The van der Waals surface area contributed by atoms with Crippen LogP contribution in [0.3, 0.4) is 0 Å². The number of aromatic nitrogens is 5. The first-order chi connectivity index (χ1) is 34.5. The van der Waals surface area contributed by atoms with Crippen LogP contribution in [0.15, 0.2) is 176 Å². The number of fused-ring (bicyclic) bond motifs is 9. The van der Waals surface area contributed by atoms with Gasteiger partial charge in [0.15, 0.2) is 0 Å². The van der Waals surface area contributed by atoms with Gasteiger partial charge in [-0.05, 0) is 95.8 Å². The summed E-state index contributed by atoms with van der Waals surface area (Å²) in [5.74, 6) is 0. The van der Waals surface area contributed by atoms with Crippen molar-refractivity contribution in [3.63, 3.8) is 0 Å². The van der Waals surface area contributed by atoms with E-state index in [1.807, 2.05) is 0 Å². The van der Waals surface area contributed by atoms with E-state index in [1.165, 1.54) is 15.2 Å². The van der Waals surface area contributed by atoms with Crippen molar-refractivity contribution >= 4 is 65.7 Å². The van der Waals surface area contributed by atoms with Gasteiger partial charge in [0.2, 0.25) is 0 Å². The third-order valence-corrected chi connectivity index (χ3v) is 8.80. The second-order valence-corrected chi connectivity index (χ2v) is 11.5. The predicted octanol–water partition coefficient (Wildman–Crippen LogP) is 11.4. The summed E-state index contributed by atoms with van der Waals surface area (Å²) in [7, 11) is 0. The fraction of sp³-hybridized carbons (Fsp3) is 0. The Balaban J connectivity index is 1.30. The van der Waals surface area contributed by atoms with E-state index < -0.39 is 167 Å². The normalized spacial score (nSPS) is 18.0. The topological polar surface area (TPSA) is 40.6 Å². The molecule has 51 heavy (non-hydrogen) atoms. The Bertz CT molecular complexity index is 4360. The van der Waals surface area contributed by atoms with Crippen molar-refractivity contribution in [1.82, 2.24) is 23.7 Å². The Morgan fingerprint density at radius 3 is 1.90 bits per heavy atom. The fourth-order valence-electron chi connectivity index (χ4n) is 6.71. The summed E-state index contributed by atoms with van der Waals surface area (Å²) in [5.41, 5.74) is -2.46. The molecule has 0 spiro atoms. The Kier molecular flexibility index (Phi) is 2.97. The van der Waals surface area contributed by atoms with Crippen LogP contribution in [0, 0.1) is 0 Å². The van der Waals surface area contributed by atoms with E-state index >= 15 is 0 Å². The van der Waals surface area contributed by atoms with Crippen LogP contribution >= 0.6 is 0 Å². The molecule has 0 amide bonds. The lowest BCUT2D eigenvalue weighted by Crippen LogP contribution is -1.98. The van der Waals surface area contributed by atoms with E-state index in [4.69, 9.17) is 21.9 Å². The zero-order chi connectivity index (χ0) is 52.6. The minimum Gasteiger partial charge on any atom is -0.309 e. The molecule has 0 aliphatic heterocycles. The Morgan fingerprint density at radius 1 is 0.392 bits per heavy atom. The molecule has 0 unspecified atom stereocenters. The van der Waals surface area contributed by atoms with Gasteiger partial charge in [-0.3, -0.25) is 9.13 Å². The van der Waals surface area contributed by atoms with Crippen molar-refractivity contribution in [3.8, 4) is 28.2 Å². The average molecular weight is 674 g/mol. The minimum absolute atomic E-state index is 0.135. The molecule has 5 heteroatoms. The maximum atomic E-state index is 10.0. The van der Waals surface area contributed by atoms with Crippen LogP contribution in [0.5, 0.6) is 0 Å². The molecule has 0 saturated carbocycles. The van der Waals surface area contributed by atoms with Crippen molar-refractivity contribution in [2.24, 2.45) is 0 Å². The molecule has 0 N–H and O–H groups in total. The van der Waals surface area contributed by atoms with Gasteiger partial charge in [0, 0.05) is 61.7 Å². The second-order valence-electron chi connectivity index (χ2n) is 11.5. The van der Waals surface area contributed by atoms with Crippen molar-refractivity contribution in [3.05, 3.63) is 176 Å². The second kappa shape index (κ2) is 10.8. The number of rotatable bonds is 4. The first kappa shape index (κ1) is 14.1. The first-order valence-corrected chi connectivity index (χ1v) is 15.5. The van der Waals surface area contributed by atoms with E-state index in [9.17, 15) is 8.22 Å². The SMILES string of the molecule is [2H]c1nc2c(c([2H])c1[2H])c1c([2H])c(-n3c4nc([2H])c([2H])c([2H])c4c4c([2H])c([2H])c(-c5c([2H])c([2H])c([2H])c([2H])c5[2H])c([2H])c43)c([2H])c([2H])c1n2-c1ccc2c(c1)c1ccccc1n2-c1c([2H])c([2H])c([2H])c([2H])c1[2H]. The predicted molar refractivity (Wildman–Crippen MR) is 210 cm³/mol. The molecule has 5 nitrogen and oxygen atoms in total. The lowest BCUT2D eigenvalue weighted by molar-refractivity contribution is 1.12. The zero-order valence-electron chi connectivity index (χ0n) is 47.8. The smallest absolute Gasteiger partial charge is 0.145 e. The van der Waals surface area contributed by atoms with E-state index in [0.717, 1.165) is 4.57 Å². The summed E-state index contributed by atoms with van der Waals surface area (Å²) in [6, 6.07) is -2.41. The Labute approximate surface area is 323 Å². The standard InChI is InChI=1S/C46H29N5/c1-3-11-30(12-4-1)31-19-22-36-37-16-9-25-47-45(37)51(44(36)27-31)34-21-24-43-40(29-34)38-17-10-26-48-46(38)50(43)33-20-23-42-39(28-33)35-15-7-8-18-41(35)49(42)32-13-5-2-6-14-32/h1-29H/i1D,2D,3D,4D,5D,6D,9D,10D,11D,12D,13D,14D,16D,17D,19D,21D,22D,24D,25D,26D,27D,29D. The molecule has 0 aliphatic carbocycles. The maximum absolute atomic E-state index is 10.0. The molecule has 5 heterocycles. The van der Waals surface area contributed by atoms with Crippen LogP contribution in [-0.4, -0.2) is 23.7 Å². The average Bonchev–Trinajstić information content (AvgIpc) is 4.01. The molecule has 0 bridgehead atoms. The molecule has 5 aromatic heterocycles. The highest BCUT2D eigenvalue weighted by atomic mass is 15.1. The number of hydrogen-bond acceptors (Lipinski definition) is 2. The molecule has 0 aliphatic rings. The molecule has 11 aromatic rings. The van der Waals surface area contributed by atoms with Crippen LogP contribution in [0.1, 0.15) is 30.2 Å². The summed E-state index contributed by atoms with van der Waals surface area (Å²) in [6.45, 7) is 0. The monoisotopic (exact) mass is 673 g/mol. The van der Waals surface area contributed by atoms with Gasteiger partial charge < -0.3 is 4.57 Å². The van der Waals surface area contributed by atoms with Gasteiger partial charge in [0.25, 0.3) is 0 Å². The Hall–Kier alpha value is -6.98. The van der Waals surface area contributed by atoms with Gasteiger partial charge in [-0.25, -0.2) is 9.97 Å². The third kappa shape index (κ3) is 4.09. The van der Waals surface area contributed by atoms with Crippen LogP contribution in [0.25, 0.3) is 93.9 Å². The van der Waals surface area contributed by atoms with Crippen molar-refractivity contribution in [1.29, 1.82) is 0 Å². The molecular formula is C46H29N5. The highest BCUT2D eigenvalue weighted by molar-refractivity contribution is 6.13. The van der Waals surface area contributed by atoms with Gasteiger partial charge in [0.05, 0.1) is 52.2 Å². The number of pyridine rings is 2.